The van der Waals surface area contributed by atoms with Crippen molar-refractivity contribution in [1.82, 2.24) is 0 Å². The summed E-state index contributed by atoms with van der Waals surface area (Å²) >= 11 is 0. The number of hydrogen-bond donors (Lipinski definition) is 2. The number of carbonyl (C=O) groups excluding carboxylic acids is 1. The molecule has 1 aromatic rings. The Kier molecular flexibility index (Phi) is 5.87. The van der Waals surface area contributed by atoms with Crippen LogP contribution in [0.4, 0.5) is 10.1 Å². The highest BCUT2D eigenvalue weighted by atomic mass is 19.1. The van der Waals surface area contributed by atoms with Gasteiger partial charge in [-0.25, -0.2) is 4.39 Å². The lowest BCUT2D eigenvalue weighted by Crippen LogP contribution is -2.11. The summed E-state index contributed by atoms with van der Waals surface area (Å²) in [5.41, 5.74) is 6.40. The van der Waals surface area contributed by atoms with E-state index in [9.17, 15) is 9.18 Å². The molecule has 0 unspecified atom stereocenters. The molecule has 0 atom stereocenters. The molecule has 18 heavy (non-hydrogen) atoms. The Bertz CT molecular complexity index is 416. The van der Waals surface area contributed by atoms with Crippen LogP contribution >= 0.6 is 0 Å². The van der Waals surface area contributed by atoms with Crippen molar-refractivity contribution in [2.45, 2.75) is 13.3 Å². The third-order valence-electron chi connectivity index (χ3n) is 2.30. The van der Waals surface area contributed by atoms with E-state index in [2.05, 4.69) is 5.32 Å². The van der Waals surface area contributed by atoms with Crippen LogP contribution < -0.4 is 15.8 Å². The first-order chi connectivity index (χ1) is 8.69. The summed E-state index contributed by atoms with van der Waals surface area (Å²) in [6, 6.07) is 6.86. The topological polar surface area (TPSA) is 64.3 Å². The van der Waals surface area contributed by atoms with Gasteiger partial charge in [0.05, 0.1) is 6.33 Å². The molecule has 0 saturated heterocycles. The minimum absolute atomic E-state index is 0.0468. The monoisotopic (exact) mass is 252 g/mol. The van der Waals surface area contributed by atoms with Gasteiger partial charge < -0.3 is 15.8 Å². The summed E-state index contributed by atoms with van der Waals surface area (Å²) in [6.07, 6.45) is 0.884. The van der Waals surface area contributed by atoms with Gasteiger partial charge in [-0.2, -0.15) is 0 Å². The lowest BCUT2D eigenvalue weighted by Gasteiger charge is -2.08. The highest BCUT2D eigenvalue weighted by Crippen LogP contribution is 2.16. The third-order valence-corrected chi connectivity index (χ3v) is 2.30. The predicted octanol–water partition coefficient (Wildman–Crippen LogP) is 2.23. The average molecular weight is 252 g/mol. The third kappa shape index (κ3) is 4.55. The molecule has 0 aliphatic carbocycles. The van der Waals surface area contributed by atoms with Gasteiger partial charge in [0, 0.05) is 24.2 Å². The highest BCUT2D eigenvalue weighted by molar-refractivity contribution is 5.90. The Balaban J connectivity index is 2.52. The zero-order valence-electron chi connectivity index (χ0n) is 10.3. The average Bonchev–Trinajstić information content (AvgIpc) is 2.41. The van der Waals surface area contributed by atoms with Crippen LogP contribution in [0.3, 0.4) is 0 Å². The highest BCUT2D eigenvalue weighted by Gasteiger charge is 2.00. The number of amides is 1. The molecule has 0 saturated carbocycles. The summed E-state index contributed by atoms with van der Waals surface area (Å²) in [6.45, 7) is 2.03. The van der Waals surface area contributed by atoms with E-state index in [1.54, 1.807) is 31.2 Å². The summed E-state index contributed by atoms with van der Waals surface area (Å²) < 4.78 is 17.6. The van der Waals surface area contributed by atoms with Crippen molar-refractivity contribution in [3.8, 4) is 5.75 Å². The molecule has 0 aliphatic rings. The number of anilines is 1. The molecule has 4 nitrogen and oxygen atoms in total. The minimum Gasteiger partial charge on any atom is -0.489 e. The lowest BCUT2D eigenvalue weighted by molar-refractivity contribution is -0.115. The molecule has 0 aliphatic heterocycles. The van der Waals surface area contributed by atoms with Crippen molar-refractivity contribution in [3.63, 3.8) is 0 Å². The van der Waals surface area contributed by atoms with Crippen molar-refractivity contribution in [2.24, 2.45) is 5.73 Å². The summed E-state index contributed by atoms with van der Waals surface area (Å²) in [4.78, 5) is 11.2. The van der Waals surface area contributed by atoms with Gasteiger partial charge in [-0.05, 0) is 24.3 Å². The lowest BCUT2D eigenvalue weighted by atomic mass is 10.3. The molecule has 1 aromatic carbocycles. The Hall–Kier alpha value is -1.88. The molecular weight excluding hydrogens is 235 g/mol. The van der Waals surface area contributed by atoms with Crippen LogP contribution in [0.2, 0.25) is 0 Å². The van der Waals surface area contributed by atoms with Gasteiger partial charge in [-0.3, -0.25) is 4.79 Å². The van der Waals surface area contributed by atoms with Crippen molar-refractivity contribution in [1.29, 1.82) is 0 Å². The zero-order valence-corrected chi connectivity index (χ0v) is 10.3. The van der Waals surface area contributed by atoms with Gasteiger partial charge in [0.25, 0.3) is 0 Å². The van der Waals surface area contributed by atoms with E-state index in [1.165, 1.54) is 0 Å². The second-order valence-corrected chi connectivity index (χ2v) is 3.69. The fourth-order valence-corrected chi connectivity index (χ4v) is 1.19. The molecular formula is C13H17FN2O2. The van der Waals surface area contributed by atoms with Crippen LogP contribution in [-0.2, 0) is 4.79 Å². The quantitative estimate of drug-likeness (QED) is 0.816. The van der Waals surface area contributed by atoms with Crippen LogP contribution in [0, 0.1) is 0 Å². The molecule has 0 fully saturated rings. The molecule has 5 heteroatoms. The number of rotatable bonds is 6. The van der Waals surface area contributed by atoms with Crippen LogP contribution in [0.15, 0.2) is 36.2 Å². The molecule has 0 heterocycles. The number of halogens is 1. The fraction of sp³-hybridized carbons (Fsp3) is 0.308. The van der Waals surface area contributed by atoms with Crippen LogP contribution in [0.25, 0.3) is 0 Å². The van der Waals surface area contributed by atoms with Crippen LogP contribution in [0.5, 0.6) is 5.75 Å². The molecule has 1 rings (SSSR count). The molecule has 0 radical (unpaired) electrons. The van der Waals surface area contributed by atoms with Crippen molar-refractivity contribution < 1.29 is 13.9 Å². The smallest absolute Gasteiger partial charge is 0.224 e. The van der Waals surface area contributed by atoms with E-state index in [0.29, 0.717) is 29.8 Å². The van der Waals surface area contributed by atoms with Crippen LogP contribution in [-0.4, -0.2) is 19.1 Å². The number of nitrogens with one attached hydrogen (secondary N) is 1. The number of nitrogens with two attached hydrogens (primary N) is 1. The van der Waals surface area contributed by atoms with Gasteiger partial charge in [-0.15, -0.1) is 0 Å². The van der Waals surface area contributed by atoms with Gasteiger partial charge in [0.2, 0.25) is 5.91 Å². The Labute approximate surface area is 106 Å². The molecule has 3 N–H and O–H groups in total. The van der Waals surface area contributed by atoms with Crippen LogP contribution in [0.1, 0.15) is 13.3 Å². The fourth-order valence-electron chi connectivity index (χ4n) is 1.19. The first-order valence-corrected chi connectivity index (χ1v) is 5.70. The van der Waals surface area contributed by atoms with Crippen molar-refractivity contribution in [2.75, 3.05) is 18.5 Å². The molecule has 0 spiro atoms. The summed E-state index contributed by atoms with van der Waals surface area (Å²) in [5, 5.41) is 2.72. The van der Waals surface area contributed by atoms with E-state index >= 15 is 0 Å². The second-order valence-electron chi connectivity index (χ2n) is 3.69. The van der Waals surface area contributed by atoms with E-state index in [0.717, 1.165) is 0 Å². The molecule has 0 bridgehead atoms. The number of benzene rings is 1. The van der Waals surface area contributed by atoms with Crippen molar-refractivity contribution >= 4 is 11.6 Å². The zero-order chi connectivity index (χ0) is 13.4. The van der Waals surface area contributed by atoms with Gasteiger partial charge in [-0.1, -0.05) is 6.92 Å². The maximum atomic E-state index is 12.2. The Morgan fingerprint density at radius 2 is 2.11 bits per heavy atom. The predicted molar refractivity (Wildman–Crippen MR) is 69.1 cm³/mol. The van der Waals surface area contributed by atoms with Gasteiger partial charge in [0.1, 0.15) is 12.4 Å². The SMILES string of the molecule is CCC(=O)Nc1ccc(OC/C(=C/F)CN)cc1. The minimum atomic E-state index is -0.0468. The maximum absolute atomic E-state index is 12.2. The van der Waals surface area contributed by atoms with E-state index < -0.39 is 0 Å². The second kappa shape index (κ2) is 7.45. The first kappa shape index (κ1) is 14.2. The number of ether oxygens (including phenoxy) is 1. The Morgan fingerprint density at radius 3 is 2.61 bits per heavy atom. The first-order valence-electron chi connectivity index (χ1n) is 5.70. The van der Waals surface area contributed by atoms with E-state index in [-0.39, 0.29) is 19.1 Å². The maximum Gasteiger partial charge on any atom is 0.224 e. The molecule has 1 amide bonds. The van der Waals surface area contributed by atoms with E-state index in [4.69, 9.17) is 10.5 Å². The van der Waals surface area contributed by atoms with E-state index in [1.807, 2.05) is 0 Å². The summed E-state index contributed by atoms with van der Waals surface area (Å²) in [5.74, 6) is 0.548. The Morgan fingerprint density at radius 1 is 1.44 bits per heavy atom. The van der Waals surface area contributed by atoms with Gasteiger partial charge in [0.15, 0.2) is 0 Å². The molecule has 98 valence electrons. The van der Waals surface area contributed by atoms with Gasteiger partial charge >= 0.3 is 0 Å². The van der Waals surface area contributed by atoms with Crippen molar-refractivity contribution in [3.05, 3.63) is 36.2 Å². The normalized spacial score (nSPS) is 11.2. The number of hydrogen-bond acceptors (Lipinski definition) is 3. The number of carbonyl (C=O) groups is 1. The largest absolute Gasteiger partial charge is 0.489 e. The summed E-state index contributed by atoms with van der Waals surface area (Å²) in [7, 11) is 0. The molecule has 0 aromatic heterocycles. The standard InChI is InChI=1S/C13H17FN2O2/c1-2-13(17)16-11-3-5-12(6-4-11)18-9-10(7-14)8-15/h3-7H,2,8-9,15H2,1H3,(H,16,17)/b10-7+.